The number of amides is 2. The largest absolute Gasteiger partial charge is 0.396 e. The van der Waals surface area contributed by atoms with Crippen molar-refractivity contribution in [3.05, 3.63) is 35.9 Å². The van der Waals surface area contributed by atoms with Crippen LogP contribution in [0.15, 0.2) is 30.3 Å². The molecule has 1 atom stereocenters. The first-order valence-electron chi connectivity index (χ1n) is 5.97. The highest BCUT2D eigenvalue weighted by atomic mass is 16.3. The molecule has 4 heteroatoms. The smallest absolute Gasteiger partial charge is 0.317 e. The Bertz CT molecular complexity index is 367. The highest BCUT2D eigenvalue weighted by Gasteiger charge is 2.25. The van der Waals surface area contributed by atoms with E-state index in [1.165, 1.54) is 0 Å². The Hall–Kier alpha value is -1.55. The third-order valence-corrected chi connectivity index (χ3v) is 3.12. The van der Waals surface area contributed by atoms with Crippen molar-refractivity contribution >= 4 is 6.03 Å². The Balaban J connectivity index is 1.78. The van der Waals surface area contributed by atoms with Crippen LogP contribution in [0.4, 0.5) is 4.79 Å². The lowest BCUT2D eigenvalue weighted by atomic mass is 10.1. The molecule has 2 N–H and O–H groups in total. The van der Waals surface area contributed by atoms with Gasteiger partial charge in [0.05, 0.1) is 0 Å². The van der Waals surface area contributed by atoms with Gasteiger partial charge in [-0.3, -0.25) is 0 Å². The van der Waals surface area contributed by atoms with Crippen LogP contribution >= 0.6 is 0 Å². The van der Waals surface area contributed by atoms with E-state index in [2.05, 4.69) is 5.32 Å². The molecule has 1 aromatic carbocycles. The maximum atomic E-state index is 11.8. The van der Waals surface area contributed by atoms with Crippen LogP contribution < -0.4 is 5.32 Å². The summed E-state index contributed by atoms with van der Waals surface area (Å²) < 4.78 is 0. The highest BCUT2D eigenvalue weighted by molar-refractivity contribution is 5.74. The number of rotatable bonds is 3. The zero-order valence-electron chi connectivity index (χ0n) is 9.80. The van der Waals surface area contributed by atoms with Crippen molar-refractivity contribution in [1.82, 2.24) is 10.2 Å². The van der Waals surface area contributed by atoms with Crippen molar-refractivity contribution in [3.8, 4) is 0 Å². The molecule has 0 aromatic heterocycles. The quantitative estimate of drug-likeness (QED) is 0.826. The van der Waals surface area contributed by atoms with Gasteiger partial charge in [-0.1, -0.05) is 30.3 Å². The van der Waals surface area contributed by atoms with Gasteiger partial charge in [0, 0.05) is 32.2 Å². The molecule has 0 bridgehead atoms. The maximum absolute atomic E-state index is 11.8. The summed E-state index contributed by atoms with van der Waals surface area (Å²) in [6.07, 6.45) is 0.898. The number of aliphatic hydroxyl groups is 1. The third-order valence-electron chi connectivity index (χ3n) is 3.12. The first-order chi connectivity index (χ1) is 8.29. The van der Waals surface area contributed by atoms with Crippen LogP contribution in [0.5, 0.6) is 0 Å². The summed E-state index contributed by atoms with van der Waals surface area (Å²) in [4.78, 5) is 13.6. The zero-order valence-corrected chi connectivity index (χ0v) is 9.80. The first kappa shape index (κ1) is 11.9. The van der Waals surface area contributed by atoms with Crippen LogP contribution in [0.3, 0.4) is 0 Å². The Morgan fingerprint density at radius 1 is 1.41 bits per heavy atom. The molecule has 2 rings (SSSR count). The van der Waals surface area contributed by atoms with E-state index in [1.54, 1.807) is 4.90 Å². The van der Waals surface area contributed by atoms with Crippen molar-refractivity contribution in [1.29, 1.82) is 0 Å². The van der Waals surface area contributed by atoms with Crippen LogP contribution in [-0.4, -0.2) is 35.7 Å². The number of nitrogens with one attached hydrogen (secondary N) is 1. The van der Waals surface area contributed by atoms with Crippen molar-refractivity contribution in [2.45, 2.75) is 13.0 Å². The fraction of sp³-hybridized carbons (Fsp3) is 0.462. The van der Waals surface area contributed by atoms with E-state index in [-0.39, 0.29) is 18.6 Å². The predicted molar refractivity (Wildman–Crippen MR) is 65.4 cm³/mol. The molecule has 1 heterocycles. The van der Waals surface area contributed by atoms with Crippen molar-refractivity contribution in [2.24, 2.45) is 5.92 Å². The molecular weight excluding hydrogens is 216 g/mol. The van der Waals surface area contributed by atoms with E-state index in [0.717, 1.165) is 18.5 Å². The molecule has 1 aliphatic heterocycles. The minimum absolute atomic E-state index is 0.0372. The molecule has 92 valence electrons. The van der Waals surface area contributed by atoms with E-state index in [9.17, 15) is 4.79 Å². The number of benzene rings is 1. The summed E-state index contributed by atoms with van der Waals surface area (Å²) >= 11 is 0. The van der Waals surface area contributed by atoms with Gasteiger partial charge in [0.1, 0.15) is 0 Å². The number of hydrogen-bond acceptors (Lipinski definition) is 2. The van der Waals surface area contributed by atoms with Crippen LogP contribution in [0.25, 0.3) is 0 Å². The Kier molecular flexibility index (Phi) is 3.98. The second-order valence-electron chi connectivity index (χ2n) is 4.43. The zero-order chi connectivity index (χ0) is 12.1. The molecule has 1 aliphatic rings. The molecule has 17 heavy (non-hydrogen) atoms. The minimum Gasteiger partial charge on any atom is -0.396 e. The standard InChI is InChI=1S/C13H18N2O2/c16-10-12-6-7-15(9-12)13(17)14-8-11-4-2-1-3-5-11/h1-5,12,16H,6-10H2,(H,14,17). The molecular formula is C13H18N2O2. The third kappa shape index (κ3) is 3.20. The van der Waals surface area contributed by atoms with E-state index in [0.29, 0.717) is 13.1 Å². The van der Waals surface area contributed by atoms with Gasteiger partial charge in [0.15, 0.2) is 0 Å². The SMILES string of the molecule is O=C(NCc1ccccc1)N1CCC(CO)C1. The highest BCUT2D eigenvalue weighted by Crippen LogP contribution is 2.15. The fourth-order valence-electron chi connectivity index (χ4n) is 2.05. The van der Waals surface area contributed by atoms with Crippen molar-refractivity contribution < 1.29 is 9.90 Å². The maximum Gasteiger partial charge on any atom is 0.317 e. The molecule has 1 aromatic rings. The molecule has 0 aliphatic carbocycles. The average Bonchev–Trinajstić information content (AvgIpc) is 2.86. The van der Waals surface area contributed by atoms with Gasteiger partial charge in [-0.25, -0.2) is 4.79 Å². The Labute approximate surface area is 101 Å². The predicted octanol–water partition coefficient (Wildman–Crippen LogP) is 1.21. The number of likely N-dealkylation sites (tertiary alicyclic amines) is 1. The van der Waals surface area contributed by atoms with Crippen LogP contribution in [0.2, 0.25) is 0 Å². The first-order valence-corrected chi connectivity index (χ1v) is 5.97. The Morgan fingerprint density at radius 3 is 2.82 bits per heavy atom. The van der Waals surface area contributed by atoms with E-state index in [1.807, 2.05) is 30.3 Å². The van der Waals surface area contributed by atoms with Gasteiger partial charge in [-0.05, 0) is 12.0 Å². The number of hydrogen-bond donors (Lipinski definition) is 2. The van der Waals surface area contributed by atoms with Gasteiger partial charge in [0.2, 0.25) is 0 Å². The number of nitrogens with zero attached hydrogens (tertiary/aromatic N) is 1. The summed E-state index contributed by atoms with van der Waals surface area (Å²) in [7, 11) is 0. The van der Waals surface area contributed by atoms with Crippen LogP contribution in [0.1, 0.15) is 12.0 Å². The lowest BCUT2D eigenvalue weighted by molar-refractivity contribution is 0.198. The average molecular weight is 234 g/mol. The molecule has 0 saturated carbocycles. The molecule has 0 radical (unpaired) electrons. The van der Waals surface area contributed by atoms with Gasteiger partial charge in [-0.2, -0.15) is 0 Å². The number of urea groups is 1. The summed E-state index contributed by atoms with van der Waals surface area (Å²) in [5.74, 6) is 0.248. The monoisotopic (exact) mass is 234 g/mol. The van der Waals surface area contributed by atoms with Crippen molar-refractivity contribution in [2.75, 3.05) is 19.7 Å². The van der Waals surface area contributed by atoms with E-state index in [4.69, 9.17) is 5.11 Å². The molecule has 0 spiro atoms. The number of aliphatic hydroxyl groups excluding tert-OH is 1. The molecule has 1 fully saturated rings. The topological polar surface area (TPSA) is 52.6 Å². The lowest BCUT2D eigenvalue weighted by Crippen LogP contribution is -2.38. The summed E-state index contributed by atoms with van der Waals surface area (Å²) in [6.45, 7) is 2.13. The Morgan fingerprint density at radius 2 is 2.18 bits per heavy atom. The van der Waals surface area contributed by atoms with Gasteiger partial charge in [0.25, 0.3) is 0 Å². The summed E-state index contributed by atoms with van der Waals surface area (Å²) in [6, 6.07) is 9.81. The van der Waals surface area contributed by atoms with Crippen LogP contribution in [0, 0.1) is 5.92 Å². The molecule has 2 amide bonds. The molecule has 1 saturated heterocycles. The van der Waals surface area contributed by atoms with Crippen LogP contribution in [-0.2, 0) is 6.54 Å². The molecule has 4 nitrogen and oxygen atoms in total. The van der Waals surface area contributed by atoms with Gasteiger partial charge >= 0.3 is 6.03 Å². The second kappa shape index (κ2) is 5.68. The number of carbonyl (C=O) groups is 1. The number of carbonyl (C=O) groups excluding carboxylic acids is 1. The molecule has 1 unspecified atom stereocenters. The van der Waals surface area contributed by atoms with E-state index >= 15 is 0 Å². The normalized spacial score (nSPS) is 19.4. The summed E-state index contributed by atoms with van der Waals surface area (Å²) in [5.41, 5.74) is 1.10. The van der Waals surface area contributed by atoms with Gasteiger partial charge < -0.3 is 15.3 Å². The second-order valence-corrected chi connectivity index (χ2v) is 4.43. The fourth-order valence-corrected chi connectivity index (χ4v) is 2.05. The van der Waals surface area contributed by atoms with Gasteiger partial charge in [-0.15, -0.1) is 0 Å². The van der Waals surface area contributed by atoms with Crippen molar-refractivity contribution in [3.63, 3.8) is 0 Å². The van der Waals surface area contributed by atoms with E-state index < -0.39 is 0 Å². The minimum atomic E-state index is -0.0372. The summed E-state index contributed by atoms with van der Waals surface area (Å²) in [5, 5.41) is 11.9. The lowest BCUT2D eigenvalue weighted by Gasteiger charge is -2.17.